The Morgan fingerprint density at radius 1 is 1.07 bits per heavy atom. The van der Waals surface area contributed by atoms with Crippen molar-refractivity contribution in [2.45, 2.75) is 56.8 Å². The molecular formula is C30H30FN5O4. The maximum atomic E-state index is 14.0. The highest BCUT2D eigenvalue weighted by molar-refractivity contribution is 6.05. The minimum absolute atomic E-state index is 0.0962. The number of likely N-dealkylation sites (tertiary alicyclic amines) is 1. The highest BCUT2D eigenvalue weighted by Gasteiger charge is 2.47. The summed E-state index contributed by atoms with van der Waals surface area (Å²) in [5.74, 6) is -0.305. The summed E-state index contributed by atoms with van der Waals surface area (Å²) in [6, 6.07) is 10.0. The van der Waals surface area contributed by atoms with Crippen LogP contribution in [0.4, 0.5) is 4.39 Å². The zero-order valence-electron chi connectivity index (χ0n) is 22.1. The van der Waals surface area contributed by atoms with Gasteiger partial charge in [-0.1, -0.05) is 24.3 Å². The molecule has 1 atom stereocenters. The molecule has 3 amide bonds. The van der Waals surface area contributed by atoms with Crippen LogP contribution in [0, 0.1) is 5.82 Å². The summed E-state index contributed by atoms with van der Waals surface area (Å²) in [5.41, 5.74) is 4.22. The number of hydrogen-bond acceptors (Lipinski definition) is 6. The molecule has 40 heavy (non-hydrogen) atoms. The summed E-state index contributed by atoms with van der Waals surface area (Å²) in [7, 11) is 0. The molecule has 2 saturated heterocycles. The lowest BCUT2D eigenvalue weighted by Crippen LogP contribution is -2.52. The first-order chi connectivity index (χ1) is 19.4. The van der Waals surface area contributed by atoms with Crippen molar-refractivity contribution in [3.05, 3.63) is 82.4 Å². The fraction of sp³-hybridized carbons (Fsp3) is 0.400. The number of piperidine rings is 2. The van der Waals surface area contributed by atoms with Gasteiger partial charge in [0.25, 0.3) is 5.91 Å². The van der Waals surface area contributed by atoms with E-state index in [0.29, 0.717) is 37.2 Å². The standard InChI is InChI=1S/C30H30FN5O4/c31-24-4-2-1-3-20(24)16-35-15-19(13-32-35)14-34-11-9-30(10-12-34)18-40-27-22-17-36(25-7-8-26(37)33-28(25)38)29(39)21(22)5-6-23(27)30/h1-6,13,15,25H,7-12,14,16-18H2,(H,33,37,38). The Bertz CT molecular complexity index is 1530. The second kappa shape index (κ2) is 9.55. The van der Waals surface area contributed by atoms with Gasteiger partial charge in [-0.2, -0.15) is 5.10 Å². The van der Waals surface area contributed by atoms with Gasteiger partial charge in [-0.25, -0.2) is 4.39 Å². The first-order valence-corrected chi connectivity index (χ1v) is 13.8. The van der Waals surface area contributed by atoms with Crippen LogP contribution < -0.4 is 10.1 Å². The second-order valence-corrected chi connectivity index (χ2v) is 11.4. The summed E-state index contributed by atoms with van der Waals surface area (Å²) in [6.45, 7) is 3.89. The Balaban J connectivity index is 1.02. The molecule has 0 bridgehead atoms. The minimum atomic E-state index is -0.636. The highest BCUT2D eigenvalue weighted by Crippen LogP contribution is 2.49. The van der Waals surface area contributed by atoms with E-state index in [2.05, 4.69) is 15.3 Å². The molecule has 2 aromatic carbocycles. The second-order valence-electron chi connectivity index (χ2n) is 11.4. The van der Waals surface area contributed by atoms with Crippen LogP contribution in [0.15, 0.2) is 48.8 Å². The molecule has 0 saturated carbocycles. The normalized spacial score (nSPS) is 21.9. The maximum absolute atomic E-state index is 14.0. The lowest BCUT2D eigenvalue weighted by Gasteiger charge is -2.38. The van der Waals surface area contributed by atoms with Crippen LogP contribution >= 0.6 is 0 Å². The van der Waals surface area contributed by atoms with E-state index >= 15 is 0 Å². The van der Waals surface area contributed by atoms with E-state index in [-0.39, 0.29) is 29.5 Å². The fourth-order valence-electron chi connectivity index (χ4n) is 6.67. The van der Waals surface area contributed by atoms with Gasteiger partial charge in [0.2, 0.25) is 11.8 Å². The Morgan fingerprint density at radius 3 is 2.70 bits per heavy atom. The third-order valence-corrected chi connectivity index (χ3v) is 8.93. The molecule has 1 N–H and O–H groups in total. The van der Waals surface area contributed by atoms with Crippen LogP contribution in [0.2, 0.25) is 0 Å². The van der Waals surface area contributed by atoms with Gasteiger partial charge in [0.1, 0.15) is 17.6 Å². The molecule has 206 valence electrons. The average molecular weight is 544 g/mol. The van der Waals surface area contributed by atoms with Gasteiger partial charge in [-0.3, -0.25) is 29.3 Å². The third-order valence-electron chi connectivity index (χ3n) is 8.93. The Kier molecular flexibility index (Phi) is 5.96. The molecule has 3 aromatic rings. The average Bonchev–Trinajstić information content (AvgIpc) is 3.63. The summed E-state index contributed by atoms with van der Waals surface area (Å²) >= 11 is 0. The van der Waals surface area contributed by atoms with E-state index in [4.69, 9.17) is 4.74 Å². The number of nitrogens with one attached hydrogen (secondary N) is 1. The van der Waals surface area contributed by atoms with Crippen molar-refractivity contribution < 1.29 is 23.5 Å². The summed E-state index contributed by atoms with van der Waals surface area (Å²) in [6.07, 6.45) is 6.29. The molecule has 7 rings (SSSR count). The highest BCUT2D eigenvalue weighted by atomic mass is 19.1. The summed E-state index contributed by atoms with van der Waals surface area (Å²) in [5, 5.41) is 6.80. The van der Waals surface area contributed by atoms with Gasteiger partial charge >= 0.3 is 0 Å². The van der Waals surface area contributed by atoms with Gasteiger partial charge in [0, 0.05) is 52.4 Å². The van der Waals surface area contributed by atoms with Gasteiger partial charge in [-0.15, -0.1) is 0 Å². The van der Waals surface area contributed by atoms with Crippen molar-refractivity contribution >= 4 is 17.7 Å². The van der Waals surface area contributed by atoms with Crippen molar-refractivity contribution in [3.63, 3.8) is 0 Å². The Morgan fingerprint density at radius 2 is 1.90 bits per heavy atom. The van der Waals surface area contributed by atoms with Crippen molar-refractivity contribution in [2.75, 3.05) is 19.7 Å². The maximum Gasteiger partial charge on any atom is 0.255 e. The number of nitrogens with zero attached hydrogens (tertiary/aromatic N) is 4. The quantitative estimate of drug-likeness (QED) is 0.498. The molecule has 0 radical (unpaired) electrons. The van der Waals surface area contributed by atoms with E-state index in [1.807, 2.05) is 30.6 Å². The third kappa shape index (κ3) is 4.18. The van der Waals surface area contributed by atoms with Crippen LogP contribution in [0.1, 0.15) is 58.3 Å². The lowest BCUT2D eigenvalue weighted by molar-refractivity contribution is -0.136. The molecule has 4 aliphatic rings. The first-order valence-electron chi connectivity index (χ1n) is 13.8. The number of amides is 3. The topological polar surface area (TPSA) is 96.8 Å². The van der Waals surface area contributed by atoms with Crippen LogP contribution in [0.3, 0.4) is 0 Å². The zero-order valence-corrected chi connectivity index (χ0v) is 22.1. The van der Waals surface area contributed by atoms with E-state index in [9.17, 15) is 18.8 Å². The van der Waals surface area contributed by atoms with Crippen molar-refractivity contribution in [1.82, 2.24) is 24.9 Å². The van der Waals surface area contributed by atoms with Crippen LogP contribution in [-0.4, -0.2) is 63.0 Å². The van der Waals surface area contributed by atoms with Gasteiger partial charge in [0.15, 0.2) is 0 Å². The van der Waals surface area contributed by atoms with Crippen LogP contribution in [0.25, 0.3) is 0 Å². The van der Waals surface area contributed by atoms with Crippen molar-refractivity contribution in [3.8, 4) is 5.75 Å². The molecule has 0 aliphatic carbocycles. The number of aromatic nitrogens is 2. The van der Waals surface area contributed by atoms with Crippen molar-refractivity contribution in [2.24, 2.45) is 0 Å². The number of imide groups is 1. The largest absolute Gasteiger partial charge is 0.492 e. The van der Waals surface area contributed by atoms with E-state index < -0.39 is 11.9 Å². The molecule has 5 heterocycles. The molecule has 1 unspecified atom stereocenters. The van der Waals surface area contributed by atoms with Gasteiger partial charge < -0.3 is 9.64 Å². The molecule has 9 nitrogen and oxygen atoms in total. The monoisotopic (exact) mass is 543 g/mol. The molecule has 4 aliphatic heterocycles. The fourth-order valence-corrected chi connectivity index (χ4v) is 6.67. The summed E-state index contributed by atoms with van der Waals surface area (Å²) < 4.78 is 22.1. The number of halogens is 1. The predicted octanol–water partition coefficient (Wildman–Crippen LogP) is 2.76. The molecular weight excluding hydrogens is 513 g/mol. The van der Waals surface area contributed by atoms with E-state index in [0.717, 1.165) is 54.9 Å². The van der Waals surface area contributed by atoms with Crippen LogP contribution in [0.5, 0.6) is 5.75 Å². The number of carbonyl (C=O) groups excluding carboxylic acids is 3. The Labute approximate surface area is 230 Å². The van der Waals surface area contributed by atoms with Gasteiger partial charge in [-0.05, 0) is 44.5 Å². The number of hydrogen-bond donors (Lipinski definition) is 1. The minimum Gasteiger partial charge on any atom is -0.492 e. The lowest BCUT2D eigenvalue weighted by atomic mass is 9.74. The first kappa shape index (κ1) is 25.0. The number of ether oxygens (including phenoxy) is 1. The van der Waals surface area contributed by atoms with Gasteiger partial charge in [0.05, 0.1) is 25.9 Å². The van der Waals surface area contributed by atoms with E-state index in [1.54, 1.807) is 21.7 Å². The van der Waals surface area contributed by atoms with Crippen molar-refractivity contribution in [1.29, 1.82) is 0 Å². The predicted molar refractivity (Wildman–Crippen MR) is 142 cm³/mol. The Hall–Kier alpha value is -4.05. The molecule has 1 aromatic heterocycles. The number of fused-ring (bicyclic) bond motifs is 4. The molecule has 2 fully saturated rings. The molecule has 10 heteroatoms. The number of rotatable bonds is 5. The smallest absolute Gasteiger partial charge is 0.255 e. The zero-order chi connectivity index (χ0) is 27.4. The SMILES string of the molecule is O=C1CCC(N2Cc3c(ccc4c3OCC43CCN(Cc4cnn(Cc5ccccc5F)c4)CC3)C2=O)C(=O)N1. The number of benzene rings is 2. The number of carbonyl (C=O) groups is 3. The summed E-state index contributed by atoms with van der Waals surface area (Å²) in [4.78, 5) is 41.2. The molecule has 1 spiro atoms. The van der Waals surface area contributed by atoms with E-state index in [1.165, 1.54) is 6.07 Å². The van der Waals surface area contributed by atoms with Crippen LogP contribution in [-0.2, 0) is 34.6 Å².